The maximum Gasteiger partial charge on any atom is 0.260 e. The van der Waals surface area contributed by atoms with Crippen LogP contribution in [0.4, 0.5) is 10.1 Å². The minimum Gasteiger partial charge on any atom is -0.350 e. The number of hydrogen-bond donors (Lipinski definition) is 1. The third-order valence-corrected chi connectivity index (χ3v) is 5.08. The summed E-state index contributed by atoms with van der Waals surface area (Å²) in [6.07, 6.45) is 1.67. The predicted molar refractivity (Wildman–Crippen MR) is 108 cm³/mol. The molecule has 0 fully saturated rings. The third-order valence-electron chi connectivity index (χ3n) is 5.08. The van der Waals surface area contributed by atoms with Gasteiger partial charge in [-0.15, -0.1) is 0 Å². The van der Waals surface area contributed by atoms with Crippen LogP contribution in [0.1, 0.15) is 47.0 Å². The van der Waals surface area contributed by atoms with Gasteiger partial charge in [-0.05, 0) is 48.9 Å². The molecular weight excluding hydrogens is 369 g/mol. The van der Waals surface area contributed by atoms with Crippen molar-refractivity contribution in [2.45, 2.75) is 25.4 Å². The van der Waals surface area contributed by atoms with Crippen molar-refractivity contribution in [1.82, 2.24) is 10.3 Å². The van der Waals surface area contributed by atoms with Crippen LogP contribution >= 0.6 is 0 Å². The Morgan fingerprint density at radius 2 is 1.83 bits per heavy atom. The summed E-state index contributed by atoms with van der Waals surface area (Å²) in [6.45, 7) is 1.91. The van der Waals surface area contributed by atoms with E-state index < -0.39 is 6.04 Å². The Morgan fingerprint density at radius 1 is 1.10 bits per heavy atom. The second-order valence-electron chi connectivity index (χ2n) is 7.01. The highest BCUT2D eigenvalue weighted by molar-refractivity contribution is 6.11. The van der Waals surface area contributed by atoms with Gasteiger partial charge in [0.15, 0.2) is 0 Å². The number of amides is 2. The Balaban J connectivity index is 1.59. The molecule has 1 aromatic heterocycles. The summed E-state index contributed by atoms with van der Waals surface area (Å²) in [5.41, 5.74) is 2.55. The van der Waals surface area contributed by atoms with Crippen LogP contribution in [0, 0.1) is 5.82 Å². The molecule has 2 heterocycles. The molecule has 0 radical (unpaired) electrons. The van der Waals surface area contributed by atoms with Crippen molar-refractivity contribution in [3.63, 3.8) is 0 Å². The number of halogens is 1. The summed E-state index contributed by atoms with van der Waals surface area (Å²) < 4.78 is 13.4. The minimum atomic E-state index is -0.549. The molecule has 5 nitrogen and oxygen atoms in total. The smallest absolute Gasteiger partial charge is 0.260 e. The zero-order chi connectivity index (χ0) is 20.4. The number of nitrogens with zero attached hydrogens (tertiary/aromatic N) is 2. The van der Waals surface area contributed by atoms with Crippen LogP contribution in [0.25, 0.3) is 0 Å². The molecular formula is C23H20FN3O2. The third kappa shape index (κ3) is 3.74. The van der Waals surface area contributed by atoms with Crippen molar-refractivity contribution in [3.05, 3.63) is 95.6 Å². The first-order chi connectivity index (χ1) is 14.0. The Kier molecular flexibility index (Phi) is 5.08. The number of carbonyl (C=O) groups excluding carboxylic acids is 2. The average Bonchev–Trinajstić information content (AvgIpc) is 3.01. The van der Waals surface area contributed by atoms with Gasteiger partial charge in [0.1, 0.15) is 5.82 Å². The number of pyridine rings is 1. The van der Waals surface area contributed by atoms with Crippen molar-refractivity contribution in [2.75, 3.05) is 4.90 Å². The lowest BCUT2D eigenvalue weighted by molar-refractivity contribution is -0.122. The second-order valence-corrected chi connectivity index (χ2v) is 7.01. The van der Waals surface area contributed by atoms with Crippen molar-refractivity contribution in [3.8, 4) is 0 Å². The van der Waals surface area contributed by atoms with Gasteiger partial charge in [0, 0.05) is 11.9 Å². The first kappa shape index (κ1) is 18.8. The normalized spacial score (nSPS) is 16.4. The van der Waals surface area contributed by atoms with Crippen molar-refractivity contribution in [2.24, 2.45) is 0 Å². The molecule has 29 heavy (non-hydrogen) atoms. The number of rotatable bonds is 5. The number of carbonyl (C=O) groups is 2. The molecule has 2 aromatic carbocycles. The van der Waals surface area contributed by atoms with E-state index in [4.69, 9.17) is 0 Å². The molecule has 146 valence electrons. The Hall–Kier alpha value is -3.54. The molecule has 0 bridgehead atoms. The van der Waals surface area contributed by atoms with Gasteiger partial charge in [-0.1, -0.05) is 30.3 Å². The zero-order valence-corrected chi connectivity index (χ0v) is 15.9. The quantitative estimate of drug-likeness (QED) is 0.712. The Morgan fingerprint density at radius 3 is 2.55 bits per heavy atom. The minimum absolute atomic E-state index is 0.0598. The predicted octanol–water partition coefficient (Wildman–Crippen LogP) is 4.19. The number of nitrogens with one attached hydrogen (secondary N) is 1. The standard InChI is InChI=1S/C23H20FN3O2/c1-15(16-6-3-2-4-7-16)26-21(28)14-20-22-19(8-5-13-25-22)23(29)27(20)18-11-9-17(24)10-12-18/h2-13,15,20H,14H2,1H3,(H,26,28)/t15-,20+/m1/s1. The molecule has 2 amide bonds. The SMILES string of the molecule is C[C@@H](NC(=O)C[C@H]1c2ncccc2C(=O)N1c1ccc(F)cc1)c1ccccc1. The fourth-order valence-electron chi connectivity index (χ4n) is 3.65. The Bertz CT molecular complexity index is 1040. The first-order valence-corrected chi connectivity index (χ1v) is 9.43. The molecule has 0 aliphatic carbocycles. The van der Waals surface area contributed by atoms with E-state index in [-0.39, 0.29) is 30.1 Å². The lowest BCUT2D eigenvalue weighted by Gasteiger charge is -2.25. The fraction of sp³-hybridized carbons (Fsp3) is 0.174. The molecule has 0 saturated heterocycles. The highest BCUT2D eigenvalue weighted by Gasteiger charge is 2.40. The molecule has 0 saturated carbocycles. The molecule has 6 heteroatoms. The first-order valence-electron chi connectivity index (χ1n) is 9.43. The van der Waals surface area contributed by atoms with E-state index in [0.29, 0.717) is 16.9 Å². The second kappa shape index (κ2) is 7.83. The largest absolute Gasteiger partial charge is 0.350 e. The molecule has 3 aromatic rings. The van der Waals surface area contributed by atoms with Gasteiger partial charge >= 0.3 is 0 Å². The lowest BCUT2D eigenvalue weighted by atomic mass is 10.1. The van der Waals surface area contributed by atoms with E-state index in [9.17, 15) is 14.0 Å². The van der Waals surface area contributed by atoms with Crippen LogP contribution < -0.4 is 10.2 Å². The zero-order valence-electron chi connectivity index (χ0n) is 15.9. The van der Waals surface area contributed by atoms with E-state index in [1.165, 1.54) is 29.2 Å². The fourth-order valence-corrected chi connectivity index (χ4v) is 3.65. The van der Waals surface area contributed by atoms with Gasteiger partial charge in [-0.3, -0.25) is 19.5 Å². The van der Waals surface area contributed by atoms with Gasteiger partial charge in [0.05, 0.1) is 29.8 Å². The van der Waals surface area contributed by atoms with Crippen LogP contribution in [0.3, 0.4) is 0 Å². The van der Waals surface area contributed by atoms with Gasteiger partial charge in [-0.25, -0.2) is 4.39 Å². The molecule has 1 aliphatic heterocycles. The lowest BCUT2D eigenvalue weighted by Crippen LogP contribution is -2.34. The monoisotopic (exact) mass is 389 g/mol. The Labute approximate surface area is 168 Å². The van der Waals surface area contributed by atoms with Crippen LogP contribution in [0.2, 0.25) is 0 Å². The average molecular weight is 389 g/mol. The number of fused-ring (bicyclic) bond motifs is 1. The van der Waals surface area contributed by atoms with E-state index in [2.05, 4.69) is 10.3 Å². The molecule has 0 spiro atoms. The molecule has 1 aliphatic rings. The maximum absolute atomic E-state index is 13.4. The van der Waals surface area contributed by atoms with Gasteiger partial charge in [0.2, 0.25) is 5.91 Å². The topological polar surface area (TPSA) is 62.3 Å². The molecule has 0 unspecified atom stereocenters. The van der Waals surface area contributed by atoms with Crippen LogP contribution in [0.15, 0.2) is 72.9 Å². The van der Waals surface area contributed by atoms with Gasteiger partial charge in [0.25, 0.3) is 5.91 Å². The number of benzene rings is 2. The van der Waals surface area contributed by atoms with Crippen LogP contribution in [-0.4, -0.2) is 16.8 Å². The molecule has 2 atom stereocenters. The summed E-state index contributed by atoms with van der Waals surface area (Å²) in [4.78, 5) is 31.6. The molecule has 1 N–H and O–H groups in total. The van der Waals surface area contributed by atoms with Crippen molar-refractivity contribution < 1.29 is 14.0 Å². The number of hydrogen-bond acceptors (Lipinski definition) is 3. The summed E-state index contributed by atoms with van der Waals surface area (Å²) in [5.74, 6) is -0.819. The summed E-state index contributed by atoms with van der Waals surface area (Å²) in [6, 6.07) is 18.0. The van der Waals surface area contributed by atoms with Gasteiger partial charge < -0.3 is 5.32 Å². The van der Waals surface area contributed by atoms with E-state index in [1.54, 1.807) is 18.3 Å². The van der Waals surface area contributed by atoms with Crippen molar-refractivity contribution in [1.29, 1.82) is 0 Å². The van der Waals surface area contributed by atoms with Crippen molar-refractivity contribution >= 4 is 17.5 Å². The summed E-state index contributed by atoms with van der Waals surface area (Å²) in [5, 5.41) is 2.99. The summed E-state index contributed by atoms with van der Waals surface area (Å²) in [7, 11) is 0. The number of anilines is 1. The maximum atomic E-state index is 13.4. The van der Waals surface area contributed by atoms with E-state index >= 15 is 0 Å². The van der Waals surface area contributed by atoms with Crippen LogP contribution in [0.5, 0.6) is 0 Å². The van der Waals surface area contributed by atoms with E-state index in [0.717, 1.165) is 5.56 Å². The van der Waals surface area contributed by atoms with Crippen LogP contribution in [-0.2, 0) is 4.79 Å². The molecule has 4 rings (SSSR count). The van der Waals surface area contributed by atoms with E-state index in [1.807, 2.05) is 37.3 Å². The highest BCUT2D eigenvalue weighted by atomic mass is 19.1. The number of aromatic nitrogens is 1. The van der Waals surface area contributed by atoms with Gasteiger partial charge in [-0.2, -0.15) is 0 Å². The summed E-state index contributed by atoms with van der Waals surface area (Å²) >= 11 is 0. The highest BCUT2D eigenvalue weighted by Crippen LogP contribution is 2.38.